The molecule has 3 N–H and O–H groups in total. The second-order valence-corrected chi connectivity index (χ2v) is 5.06. The minimum atomic E-state index is -0.0474. The third kappa shape index (κ3) is 4.14. The lowest BCUT2D eigenvalue weighted by molar-refractivity contribution is 0.683. The molecule has 6 heteroatoms. The van der Waals surface area contributed by atoms with E-state index in [9.17, 15) is 4.79 Å². The number of aromatic nitrogens is 3. The molecular formula is C16H23N5O. The van der Waals surface area contributed by atoms with Gasteiger partial charge in [-0.15, -0.1) is 0 Å². The molecule has 22 heavy (non-hydrogen) atoms. The van der Waals surface area contributed by atoms with Crippen LogP contribution in [0.15, 0.2) is 35.4 Å². The topological polar surface area (TPSA) is 85.8 Å². The summed E-state index contributed by atoms with van der Waals surface area (Å²) >= 11 is 0. The standard InChI is InChI=1S/C16H23N5O/c1-2-21-15(22)12-14(13-6-10-18-11-7-13)20-16(21)19-9-5-3-4-8-17/h6-7,10-12H,2-5,8-9,17H2,1H3,(H,19,20). The molecule has 6 nitrogen and oxygen atoms in total. The van der Waals surface area contributed by atoms with Crippen LogP contribution in [0.2, 0.25) is 0 Å². The third-order valence-corrected chi connectivity index (χ3v) is 3.46. The van der Waals surface area contributed by atoms with E-state index in [0.717, 1.165) is 37.9 Å². The van der Waals surface area contributed by atoms with Crippen molar-refractivity contribution in [3.63, 3.8) is 0 Å². The van der Waals surface area contributed by atoms with Gasteiger partial charge in [0.15, 0.2) is 0 Å². The zero-order chi connectivity index (χ0) is 15.8. The zero-order valence-corrected chi connectivity index (χ0v) is 13.0. The first-order valence-electron chi connectivity index (χ1n) is 7.72. The van der Waals surface area contributed by atoms with Crippen LogP contribution in [0.4, 0.5) is 5.95 Å². The fraction of sp³-hybridized carbons (Fsp3) is 0.438. The fourth-order valence-electron chi connectivity index (χ4n) is 2.26. The maximum Gasteiger partial charge on any atom is 0.255 e. The summed E-state index contributed by atoms with van der Waals surface area (Å²) in [6.07, 6.45) is 6.50. The van der Waals surface area contributed by atoms with E-state index in [1.807, 2.05) is 19.1 Å². The van der Waals surface area contributed by atoms with Gasteiger partial charge in [0.05, 0.1) is 5.69 Å². The molecule has 0 amide bonds. The Morgan fingerprint density at radius 1 is 1.23 bits per heavy atom. The van der Waals surface area contributed by atoms with Crippen LogP contribution in [-0.2, 0) is 6.54 Å². The Kier molecular flexibility index (Phi) is 6.09. The molecule has 0 radical (unpaired) electrons. The SMILES string of the molecule is CCn1c(NCCCCCN)nc(-c2ccncc2)cc1=O. The Labute approximate surface area is 130 Å². The van der Waals surface area contributed by atoms with Crippen LogP contribution in [0, 0.1) is 0 Å². The summed E-state index contributed by atoms with van der Waals surface area (Å²) < 4.78 is 1.65. The van der Waals surface area contributed by atoms with Crippen LogP contribution in [-0.4, -0.2) is 27.6 Å². The van der Waals surface area contributed by atoms with E-state index in [0.29, 0.717) is 18.2 Å². The number of nitrogens with zero attached hydrogens (tertiary/aromatic N) is 3. The third-order valence-electron chi connectivity index (χ3n) is 3.46. The van der Waals surface area contributed by atoms with E-state index in [4.69, 9.17) is 5.73 Å². The van der Waals surface area contributed by atoms with Crippen LogP contribution in [0.5, 0.6) is 0 Å². The quantitative estimate of drug-likeness (QED) is 0.727. The van der Waals surface area contributed by atoms with Crippen LogP contribution in [0.3, 0.4) is 0 Å². The van der Waals surface area contributed by atoms with Crippen LogP contribution >= 0.6 is 0 Å². The highest BCUT2D eigenvalue weighted by atomic mass is 16.1. The van der Waals surface area contributed by atoms with Gasteiger partial charge in [-0.2, -0.15) is 0 Å². The Morgan fingerprint density at radius 2 is 2.00 bits per heavy atom. The van der Waals surface area contributed by atoms with Gasteiger partial charge in [0.1, 0.15) is 0 Å². The van der Waals surface area contributed by atoms with Crippen LogP contribution in [0.1, 0.15) is 26.2 Å². The number of unbranched alkanes of at least 4 members (excludes halogenated alkanes) is 2. The van der Waals surface area contributed by atoms with E-state index in [1.54, 1.807) is 23.0 Å². The minimum Gasteiger partial charge on any atom is -0.356 e. The van der Waals surface area contributed by atoms with Crippen LogP contribution < -0.4 is 16.6 Å². The number of hydrogen-bond acceptors (Lipinski definition) is 5. The first-order valence-corrected chi connectivity index (χ1v) is 7.72. The van der Waals surface area contributed by atoms with Gasteiger partial charge in [0.25, 0.3) is 5.56 Å². The number of nitrogens with two attached hydrogens (primary N) is 1. The number of nitrogens with one attached hydrogen (secondary N) is 1. The van der Waals surface area contributed by atoms with Gasteiger partial charge < -0.3 is 11.1 Å². The van der Waals surface area contributed by atoms with Crippen molar-refractivity contribution >= 4 is 5.95 Å². The van der Waals surface area contributed by atoms with E-state index >= 15 is 0 Å². The number of hydrogen-bond donors (Lipinski definition) is 2. The lowest BCUT2D eigenvalue weighted by Gasteiger charge is -2.13. The Morgan fingerprint density at radius 3 is 2.68 bits per heavy atom. The molecule has 0 aliphatic carbocycles. The molecular weight excluding hydrogens is 278 g/mol. The minimum absolute atomic E-state index is 0.0474. The van der Waals surface area contributed by atoms with Gasteiger partial charge in [-0.1, -0.05) is 6.42 Å². The predicted molar refractivity (Wildman–Crippen MR) is 88.8 cm³/mol. The molecule has 0 saturated heterocycles. The number of rotatable bonds is 8. The van der Waals surface area contributed by atoms with Crippen molar-refractivity contribution in [2.24, 2.45) is 5.73 Å². The summed E-state index contributed by atoms with van der Waals surface area (Å²) in [7, 11) is 0. The van der Waals surface area contributed by atoms with Crippen molar-refractivity contribution in [1.82, 2.24) is 14.5 Å². The van der Waals surface area contributed by atoms with Gasteiger partial charge in [0.2, 0.25) is 5.95 Å². The summed E-state index contributed by atoms with van der Waals surface area (Å²) in [6.45, 7) is 4.03. The smallest absolute Gasteiger partial charge is 0.255 e. The lowest BCUT2D eigenvalue weighted by Crippen LogP contribution is -2.24. The summed E-state index contributed by atoms with van der Waals surface area (Å²) in [5, 5.41) is 3.27. The number of pyridine rings is 1. The van der Waals surface area contributed by atoms with Crippen molar-refractivity contribution in [2.75, 3.05) is 18.4 Å². The van der Waals surface area contributed by atoms with Crippen molar-refractivity contribution in [3.8, 4) is 11.3 Å². The molecule has 0 saturated carbocycles. The van der Waals surface area contributed by atoms with E-state index in [-0.39, 0.29) is 5.56 Å². The molecule has 0 aromatic carbocycles. The average Bonchev–Trinajstić information content (AvgIpc) is 2.55. The highest BCUT2D eigenvalue weighted by Gasteiger charge is 2.08. The van der Waals surface area contributed by atoms with Crippen molar-refractivity contribution in [2.45, 2.75) is 32.7 Å². The van der Waals surface area contributed by atoms with Gasteiger partial charge >= 0.3 is 0 Å². The Hall–Kier alpha value is -2.21. The summed E-state index contributed by atoms with van der Waals surface area (Å²) in [5.74, 6) is 0.620. The molecule has 0 unspecified atom stereocenters. The van der Waals surface area contributed by atoms with E-state index in [1.165, 1.54) is 0 Å². The van der Waals surface area contributed by atoms with Crippen molar-refractivity contribution < 1.29 is 0 Å². The van der Waals surface area contributed by atoms with Gasteiger partial charge in [-0.3, -0.25) is 14.3 Å². The largest absolute Gasteiger partial charge is 0.356 e. The van der Waals surface area contributed by atoms with E-state index in [2.05, 4.69) is 15.3 Å². The molecule has 0 aliphatic heterocycles. The van der Waals surface area contributed by atoms with Gasteiger partial charge in [-0.05, 0) is 38.4 Å². The highest BCUT2D eigenvalue weighted by Crippen LogP contribution is 2.16. The maximum atomic E-state index is 12.3. The number of anilines is 1. The highest BCUT2D eigenvalue weighted by molar-refractivity contribution is 5.59. The monoisotopic (exact) mass is 301 g/mol. The van der Waals surface area contributed by atoms with Crippen molar-refractivity contribution in [3.05, 3.63) is 40.9 Å². The summed E-state index contributed by atoms with van der Waals surface area (Å²) in [5.41, 5.74) is 7.00. The van der Waals surface area contributed by atoms with Crippen molar-refractivity contribution in [1.29, 1.82) is 0 Å². The Bertz CT molecular complexity index is 639. The molecule has 2 heterocycles. The molecule has 0 atom stereocenters. The fourth-order valence-corrected chi connectivity index (χ4v) is 2.26. The maximum absolute atomic E-state index is 12.3. The molecule has 2 aromatic heterocycles. The first-order chi connectivity index (χ1) is 10.8. The molecule has 2 aromatic rings. The van der Waals surface area contributed by atoms with E-state index < -0.39 is 0 Å². The summed E-state index contributed by atoms with van der Waals surface area (Å²) in [4.78, 5) is 20.8. The normalized spacial score (nSPS) is 10.6. The van der Waals surface area contributed by atoms with Crippen LogP contribution in [0.25, 0.3) is 11.3 Å². The van der Waals surface area contributed by atoms with Gasteiger partial charge in [0, 0.05) is 37.1 Å². The second kappa shape index (κ2) is 8.29. The Balaban J connectivity index is 2.19. The molecule has 0 aliphatic rings. The summed E-state index contributed by atoms with van der Waals surface area (Å²) in [6, 6.07) is 5.27. The molecule has 0 bridgehead atoms. The molecule has 2 rings (SSSR count). The average molecular weight is 301 g/mol. The first kappa shape index (κ1) is 16.2. The molecule has 0 fully saturated rings. The predicted octanol–water partition coefficient (Wildman–Crippen LogP) is 1.87. The second-order valence-electron chi connectivity index (χ2n) is 5.06. The van der Waals surface area contributed by atoms with Gasteiger partial charge in [-0.25, -0.2) is 4.98 Å². The zero-order valence-electron chi connectivity index (χ0n) is 13.0. The lowest BCUT2D eigenvalue weighted by atomic mass is 10.2. The molecule has 118 valence electrons. The molecule has 0 spiro atoms.